The molecule has 28 heteroatoms. The summed E-state index contributed by atoms with van der Waals surface area (Å²) >= 11 is 0. The van der Waals surface area contributed by atoms with E-state index in [9.17, 15) is 60.7 Å². The Morgan fingerprint density at radius 3 is 1.06 bits per heavy atom. The molecule has 0 amide bonds. The molecule has 5 rings (SSSR count). The van der Waals surface area contributed by atoms with E-state index in [1.54, 1.807) is 0 Å². The molecular weight excluding hydrogens is 892 g/mol. The van der Waals surface area contributed by atoms with Crippen molar-refractivity contribution in [3.63, 3.8) is 0 Å². The van der Waals surface area contributed by atoms with Crippen molar-refractivity contribution < 1.29 is 136 Å². The Bertz CT molecular complexity index is 1480. The lowest BCUT2D eigenvalue weighted by molar-refractivity contribution is -0.391. The highest BCUT2D eigenvalue weighted by molar-refractivity contribution is 5.74. The van der Waals surface area contributed by atoms with Gasteiger partial charge in [0.25, 0.3) is 0 Å². The van der Waals surface area contributed by atoms with Gasteiger partial charge in [-0.2, -0.15) is 0 Å². The van der Waals surface area contributed by atoms with Crippen molar-refractivity contribution in [3.8, 4) is 0 Å². The first-order valence-corrected chi connectivity index (χ1v) is 20.3. The van der Waals surface area contributed by atoms with Gasteiger partial charge in [0.05, 0.1) is 19.8 Å². The fourth-order valence-corrected chi connectivity index (χ4v) is 8.69. The number of methoxy groups -OCH3 is 7. The van der Waals surface area contributed by atoms with Crippen molar-refractivity contribution in [2.24, 2.45) is 0 Å². The zero-order valence-electron chi connectivity index (χ0n) is 36.4. The second kappa shape index (κ2) is 24.0. The number of rotatable bonds is 20. The second-order valence-electron chi connectivity index (χ2n) is 15.5. The minimum atomic E-state index is -2.11. The van der Waals surface area contributed by atoms with Crippen molar-refractivity contribution in [1.82, 2.24) is 0 Å². The van der Waals surface area contributed by atoms with Crippen LogP contribution in [0.3, 0.4) is 0 Å². The van der Waals surface area contributed by atoms with E-state index in [1.807, 2.05) is 0 Å². The summed E-state index contributed by atoms with van der Waals surface area (Å²) in [5.74, 6) is -3.26. The van der Waals surface area contributed by atoms with Gasteiger partial charge in [-0.1, -0.05) is 0 Å². The van der Waals surface area contributed by atoms with Gasteiger partial charge in [-0.25, -0.2) is 9.59 Å². The number of carboxylic acids is 2. The molecule has 0 radical (unpaired) electrons. The van der Waals surface area contributed by atoms with Crippen LogP contribution in [0.5, 0.6) is 0 Å². The zero-order valence-corrected chi connectivity index (χ0v) is 36.4. The lowest BCUT2D eigenvalue weighted by atomic mass is 9.94. The highest BCUT2D eigenvalue weighted by Crippen LogP contribution is 2.38. The minimum absolute atomic E-state index is 0.545. The maximum absolute atomic E-state index is 12.8. The maximum atomic E-state index is 12.8. The summed E-state index contributed by atoms with van der Waals surface area (Å²) in [7, 11) is 8.77. The SMILES string of the molecule is CO[C@@H]1[C@@H](OC)[C@H](O[C@H]2[C@H](O)[C@@H](O)[C@@H](O[C@H]3[C@H](OC)[C@@H](OC)[C@H](O[C@H]4[C@H](O)[C@@H](O)[C@@H](O)O[C@@H]4CO)O[C@H]3C(=O)O)O[C@@H]2CO)O[C@H](C(=O)O)[C@H]1O[C@H]1O[C@H](CO)[C@@H](OC)[C@H](OC)[C@H]1OC. The van der Waals surface area contributed by atoms with Gasteiger partial charge in [0.1, 0.15) is 110 Å². The van der Waals surface area contributed by atoms with E-state index in [1.165, 1.54) is 35.5 Å². The van der Waals surface area contributed by atoms with E-state index < -0.39 is 185 Å². The van der Waals surface area contributed by atoms with Crippen LogP contribution in [-0.4, -0.2) is 286 Å². The number of carboxylic acid groups (broad SMARTS) is 2. The predicted molar refractivity (Wildman–Crippen MR) is 201 cm³/mol. The quantitative estimate of drug-likeness (QED) is 0.0542. The van der Waals surface area contributed by atoms with E-state index in [2.05, 4.69) is 0 Å². The van der Waals surface area contributed by atoms with Gasteiger partial charge in [0.15, 0.2) is 43.7 Å². The summed E-state index contributed by atoms with van der Waals surface area (Å²) in [4.78, 5) is 25.5. The monoisotopic (exact) mass is 954 g/mol. The molecule has 25 atom stereocenters. The van der Waals surface area contributed by atoms with Crippen molar-refractivity contribution >= 4 is 11.9 Å². The van der Waals surface area contributed by atoms with E-state index >= 15 is 0 Å². The van der Waals surface area contributed by atoms with Crippen molar-refractivity contribution in [2.75, 3.05) is 69.6 Å². The molecule has 5 aliphatic rings. The number of aliphatic carboxylic acids is 2. The second-order valence-corrected chi connectivity index (χ2v) is 15.5. The van der Waals surface area contributed by atoms with E-state index in [4.69, 9.17) is 75.8 Å². The van der Waals surface area contributed by atoms with Gasteiger partial charge in [-0.05, 0) is 0 Å². The van der Waals surface area contributed by atoms with Gasteiger partial charge < -0.3 is 127 Å². The van der Waals surface area contributed by atoms with E-state index in [0.29, 0.717) is 0 Å². The molecule has 0 spiro atoms. The Hall–Kier alpha value is -2.02. The summed E-state index contributed by atoms with van der Waals surface area (Å²) in [6, 6.07) is 0. The minimum Gasteiger partial charge on any atom is -0.479 e. The maximum Gasteiger partial charge on any atom is 0.335 e. The average molecular weight is 955 g/mol. The van der Waals surface area contributed by atoms with E-state index in [0.717, 1.165) is 14.2 Å². The topological polar surface area (TPSA) is 384 Å². The molecule has 378 valence electrons. The molecule has 0 bridgehead atoms. The molecule has 65 heavy (non-hydrogen) atoms. The number of ether oxygens (including phenoxy) is 16. The summed E-state index contributed by atoms with van der Waals surface area (Å²) in [5, 5.41) is 105. The number of hydrogen-bond acceptors (Lipinski definition) is 26. The molecule has 0 aromatic carbocycles. The molecule has 0 unspecified atom stereocenters. The Balaban J connectivity index is 1.34. The Kier molecular flexibility index (Phi) is 19.9. The highest BCUT2D eigenvalue weighted by atomic mass is 16.8. The number of hydrogen-bond donors (Lipinski definition) is 10. The normalized spacial score (nSPS) is 47.3. The molecular formula is C37H62O28. The van der Waals surface area contributed by atoms with Crippen molar-refractivity contribution in [2.45, 2.75) is 154 Å². The Morgan fingerprint density at radius 1 is 0.369 bits per heavy atom. The molecule has 0 aliphatic carbocycles. The Morgan fingerprint density at radius 2 is 0.677 bits per heavy atom. The standard InChI is InChI=1S/C37H62O28/c1-50-20-13(10-40)59-35(28(54-5)21(20)51-2)63-25-23(53-4)30(56-7)37(65-27(25)32(47)48)61-19-12(9-39)58-34(17(44)15(19)42)62-24-22(52-3)29(55-6)36(64-26(24)31(45)46)60-18-11(8-38)57-33(49)16(43)14(18)41/h11-30,33-44,49H,8-10H2,1-7H3,(H,45,46)(H,47,48)/t11-,12-,13-,14-,15-,16-,17-,18-,19-,20-,21+,22+,23+,24+,25+,26-,27+,28-,29-,30-,33+,34-,35-,36-,37-/m1/s1. The van der Waals surface area contributed by atoms with Gasteiger partial charge in [0, 0.05) is 49.8 Å². The molecule has 0 aromatic heterocycles. The molecule has 5 aliphatic heterocycles. The summed E-state index contributed by atoms with van der Waals surface area (Å²) in [6.45, 7) is -2.31. The number of aliphatic hydroxyl groups excluding tert-OH is 8. The molecule has 5 saturated heterocycles. The van der Waals surface area contributed by atoms with Crippen molar-refractivity contribution in [3.05, 3.63) is 0 Å². The van der Waals surface area contributed by atoms with Crippen LogP contribution in [0, 0.1) is 0 Å². The molecule has 0 saturated carbocycles. The highest BCUT2D eigenvalue weighted by Gasteiger charge is 2.59. The largest absolute Gasteiger partial charge is 0.479 e. The van der Waals surface area contributed by atoms with Crippen LogP contribution >= 0.6 is 0 Å². The molecule has 10 N–H and O–H groups in total. The van der Waals surface area contributed by atoms with Gasteiger partial charge >= 0.3 is 11.9 Å². The summed E-state index contributed by atoms with van der Waals surface area (Å²) in [5.41, 5.74) is 0. The van der Waals surface area contributed by atoms with E-state index in [-0.39, 0.29) is 0 Å². The van der Waals surface area contributed by atoms with Crippen LogP contribution < -0.4 is 0 Å². The predicted octanol–water partition coefficient (Wildman–Crippen LogP) is -7.16. The van der Waals surface area contributed by atoms with Gasteiger partial charge in [-0.15, -0.1) is 0 Å². The van der Waals surface area contributed by atoms with Crippen LogP contribution in [0.2, 0.25) is 0 Å². The van der Waals surface area contributed by atoms with Crippen LogP contribution in [0.1, 0.15) is 0 Å². The zero-order chi connectivity index (χ0) is 48.0. The Labute approximate surface area is 371 Å². The lowest BCUT2D eigenvalue weighted by Gasteiger charge is -2.50. The fraction of sp³-hybridized carbons (Fsp3) is 0.946. The third-order valence-electron chi connectivity index (χ3n) is 12.0. The van der Waals surface area contributed by atoms with Crippen LogP contribution in [-0.2, 0) is 85.4 Å². The average Bonchev–Trinajstić information content (AvgIpc) is 3.30. The fourth-order valence-electron chi connectivity index (χ4n) is 8.69. The smallest absolute Gasteiger partial charge is 0.335 e. The van der Waals surface area contributed by atoms with Crippen LogP contribution in [0.4, 0.5) is 0 Å². The van der Waals surface area contributed by atoms with Crippen LogP contribution in [0.25, 0.3) is 0 Å². The summed E-state index contributed by atoms with van der Waals surface area (Å²) < 4.78 is 91.4. The van der Waals surface area contributed by atoms with Gasteiger partial charge in [0.2, 0.25) is 0 Å². The number of aliphatic hydroxyl groups is 8. The first kappa shape index (κ1) is 53.9. The first-order valence-electron chi connectivity index (χ1n) is 20.3. The van der Waals surface area contributed by atoms with Gasteiger partial charge in [-0.3, -0.25) is 0 Å². The van der Waals surface area contributed by atoms with Crippen molar-refractivity contribution in [1.29, 1.82) is 0 Å². The lowest BCUT2D eigenvalue weighted by Crippen LogP contribution is -2.69. The third-order valence-corrected chi connectivity index (χ3v) is 12.0. The number of carbonyl (C=O) groups is 2. The molecule has 28 nitrogen and oxygen atoms in total. The molecule has 5 heterocycles. The summed E-state index contributed by atoms with van der Waals surface area (Å²) in [6.07, 6.45) is -39.7. The first-order chi connectivity index (χ1) is 31.0. The molecule has 5 fully saturated rings. The third kappa shape index (κ3) is 11.1. The van der Waals surface area contributed by atoms with Crippen LogP contribution in [0.15, 0.2) is 0 Å². The molecule has 0 aromatic rings.